The van der Waals surface area contributed by atoms with Gasteiger partial charge in [0.15, 0.2) is 27.3 Å². The molecule has 0 saturated heterocycles. The SMILES string of the molecule is C[C@H](NC(=O)c1cc(OC(F)(F)F)cc(S(C)(=O)=O)c1)c1nc(C2CC2)nn1-c1cc(C(=O)N(C)C)ncn1. The number of hydrogen-bond donors (Lipinski definition) is 1. The third-order valence-electron chi connectivity index (χ3n) is 5.62. The number of sulfone groups is 1. The van der Waals surface area contributed by atoms with Crippen molar-refractivity contribution in [3.8, 4) is 11.6 Å². The topological polar surface area (TPSA) is 149 Å². The fourth-order valence-electron chi connectivity index (χ4n) is 3.57. The second kappa shape index (κ2) is 10.2. The van der Waals surface area contributed by atoms with Crippen molar-refractivity contribution in [1.82, 2.24) is 34.9 Å². The Morgan fingerprint density at radius 1 is 1.15 bits per heavy atom. The quantitative estimate of drug-likeness (QED) is 0.433. The fraction of sp³-hybridized carbons (Fsp3) is 0.391. The lowest BCUT2D eigenvalue weighted by atomic mass is 10.2. The van der Waals surface area contributed by atoms with Crippen LogP contribution in [-0.4, -0.2) is 76.6 Å². The Morgan fingerprint density at radius 2 is 1.85 bits per heavy atom. The molecule has 0 spiro atoms. The Bertz CT molecular complexity index is 1540. The molecule has 0 aliphatic heterocycles. The Morgan fingerprint density at radius 3 is 2.44 bits per heavy atom. The Hall–Kier alpha value is -4.08. The summed E-state index contributed by atoms with van der Waals surface area (Å²) >= 11 is 0. The molecule has 12 nitrogen and oxygen atoms in total. The zero-order chi connectivity index (χ0) is 28.7. The van der Waals surface area contributed by atoms with Gasteiger partial charge in [0.05, 0.1) is 10.9 Å². The summed E-state index contributed by atoms with van der Waals surface area (Å²) in [6, 6.07) is 2.97. The summed E-state index contributed by atoms with van der Waals surface area (Å²) in [5.74, 6) is -1.04. The van der Waals surface area contributed by atoms with Crippen molar-refractivity contribution in [3.63, 3.8) is 0 Å². The highest BCUT2D eigenvalue weighted by atomic mass is 32.2. The molecule has 2 aromatic heterocycles. The highest BCUT2D eigenvalue weighted by Crippen LogP contribution is 2.38. The van der Waals surface area contributed by atoms with Crippen LogP contribution in [-0.2, 0) is 9.84 Å². The summed E-state index contributed by atoms with van der Waals surface area (Å²) in [7, 11) is -0.841. The summed E-state index contributed by atoms with van der Waals surface area (Å²) < 4.78 is 67.7. The molecule has 1 fully saturated rings. The number of halogens is 3. The van der Waals surface area contributed by atoms with Gasteiger partial charge < -0.3 is 15.0 Å². The number of benzene rings is 1. The van der Waals surface area contributed by atoms with Gasteiger partial charge in [0, 0.05) is 37.9 Å². The number of nitrogens with zero attached hydrogens (tertiary/aromatic N) is 6. The fourth-order valence-corrected chi connectivity index (χ4v) is 4.24. The molecule has 2 heterocycles. The van der Waals surface area contributed by atoms with Crippen LogP contribution in [0, 0.1) is 0 Å². The number of alkyl halides is 3. The molecule has 2 amide bonds. The van der Waals surface area contributed by atoms with E-state index in [9.17, 15) is 31.2 Å². The number of carbonyl (C=O) groups is 2. The van der Waals surface area contributed by atoms with Crippen molar-refractivity contribution < 1.29 is 35.9 Å². The maximum atomic E-state index is 13.1. The smallest absolute Gasteiger partial charge is 0.406 e. The predicted octanol–water partition coefficient (Wildman–Crippen LogP) is 2.43. The predicted molar refractivity (Wildman–Crippen MR) is 129 cm³/mol. The zero-order valence-electron chi connectivity index (χ0n) is 21.2. The molecule has 16 heteroatoms. The lowest BCUT2D eigenvalue weighted by Crippen LogP contribution is -2.29. The van der Waals surface area contributed by atoms with Crippen molar-refractivity contribution in [2.45, 2.75) is 43.0 Å². The zero-order valence-corrected chi connectivity index (χ0v) is 22.0. The molecule has 1 aromatic carbocycles. The summed E-state index contributed by atoms with van der Waals surface area (Å²) in [6.07, 6.45) is -1.37. The molecule has 208 valence electrons. The van der Waals surface area contributed by atoms with E-state index >= 15 is 0 Å². The molecule has 1 atom stereocenters. The van der Waals surface area contributed by atoms with Crippen LogP contribution in [0.25, 0.3) is 5.82 Å². The van der Waals surface area contributed by atoms with Crippen LogP contribution < -0.4 is 10.1 Å². The molecule has 0 unspecified atom stereocenters. The van der Waals surface area contributed by atoms with E-state index in [0.29, 0.717) is 11.9 Å². The first-order valence-corrected chi connectivity index (χ1v) is 13.4. The van der Waals surface area contributed by atoms with Crippen molar-refractivity contribution in [2.75, 3.05) is 20.4 Å². The van der Waals surface area contributed by atoms with E-state index in [1.807, 2.05) is 0 Å². The lowest BCUT2D eigenvalue weighted by Gasteiger charge is -2.16. The molecule has 39 heavy (non-hydrogen) atoms. The molecular formula is C23H24F3N7O5S. The van der Waals surface area contributed by atoms with Gasteiger partial charge in [-0.2, -0.15) is 4.68 Å². The average Bonchev–Trinajstić information content (AvgIpc) is 3.59. The van der Waals surface area contributed by atoms with Crippen molar-refractivity contribution in [2.24, 2.45) is 0 Å². The van der Waals surface area contributed by atoms with Gasteiger partial charge in [-0.1, -0.05) is 0 Å². The summed E-state index contributed by atoms with van der Waals surface area (Å²) in [4.78, 5) is 39.0. The van der Waals surface area contributed by atoms with Gasteiger partial charge in [-0.3, -0.25) is 9.59 Å². The monoisotopic (exact) mass is 567 g/mol. The maximum absolute atomic E-state index is 13.1. The summed E-state index contributed by atoms with van der Waals surface area (Å²) in [5.41, 5.74) is -0.274. The Labute approximate surface area is 221 Å². The van der Waals surface area contributed by atoms with E-state index in [0.717, 1.165) is 31.2 Å². The van der Waals surface area contributed by atoms with E-state index < -0.39 is 38.8 Å². The molecule has 0 radical (unpaired) electrons. The number of hydrogen-bond acceptors (Lipinski definition) is 9. The van der Waals surface area contributed by atoms with E-state index in [2.05, 4.69) is 30.1 Å². The van der Waals surface area contributed by atoms with Gasteiger partial charge >= 0.3 is 6.36 Å². The van der Waals surface area contributed by atoms with Crippen LogP contribution in [0.2, 0.25) is 0 Å². The Kier molecular flexibility index (Phi) is 7.34. The lowest BCUT2D eigenvalue weighted by molar-refractivity contribution is -0.274. The first-order chi connectivity index (χ1) is 18.1. The number of aromatic nitrogens is 5. The van der Waals surface area contributed by atoms with Crippen LogP contribution in [0.4, 0.5) is 13.2 Å². The molecule has 1 aliphatic carbocycles. The maximum Gasteiger partial charge on any atom is 0.573 e. The van der Waals surface area contributed by atoms with Crippen molar-refractivity contribution in [3.05, 3.63) is 53.5 Å². The van der Waals surface area contributed by atoms with Crippen LogP contribution >= 0.6 is 0 Å². The van der Waals surface area contributed by atoms with Gasteiger partial charge in [-0.05, 0) is 38.0 Å². The second-order valence-electron chi connectivity index (χ2n) is 9.18. The number of ether oxygens (including phenoxy) is 1. The number of nitrogens with one attached hydrogen (secondary N) is 1. The molecular weight excluding hydrogens is 543 g/mol. The van der Waals surface area contributed by atoms with Gasteiger partial charge in [-0.15, -0.1) is 18.3 Å². The highest BCUT2D eigenvalue weighted by Gasteiger charge is 2.33. The first kappa shape index (κ1) is 27.9. The third-order valence-corrected chi connectivity index (χ3v) is 6.72. The van der Waals surface area contributed by atoms with Crippen LogP contribution in [0.1, 0.15) is 64.2 Å². The van der Waals surface area contributed by atoms with Gasteiger partial charge in [0.1, 0.15) is 17.8 Å². The van der Waals surface area contributed by atoms with Crippen molar-refractivity contribution >= 4 is 21.7 Å². The number of carbonyl (C=O) groups excluding carboxylic acids is 2. The van der Waals surface area contributed by atoms with E-state index in [-0.39, 0.29) is 34.7 Å². The highest BCUT2D eigenvalue weighted by molar-refractivity contribution is 7.90. The van der Waals surface area contributed by atoms with Crippen molar-refractivity contribution in [1.29, 1.82) is 0 Å². The number of amides is 2. The first-order valence-electron chi connectivity index (χ1n) is 11.5. The minimum Gasteiger partial charge on any atom is -0.406 e. The summed E-state index contributed by atoms with van der Waals surface area (Å²) in [5, 5.41) is 7.11. The molecule has 4 rings (SSSR count). The summed E-state index contributed by atoms with van der Waals surface area (Å²) in [6.45, 7) is 1.57. The van der Waals surface area contributed by atoms with Gasteiger partial charge in [0.25, 0.3) is 11.8 Å². The molecule has 1 saturated carbocycles. The van der Waals surface area contributed by atoms with E-state index in [1.54, 1.807) is 21.0 Å². The third kappa shape index (κ3) is 6.68. The van der Waals surface area contributed by atoms with Gasteiger partial charge in [-0.25, -0.2) is 23.4 Å². The normalized spacial score (nSPS) is 14.5. The molecule has 3 aromatic rings. The van der Waals surface area contributed by atoms with Crippen LogP contribution in [0.5, 0.6) is 5.75 Å². The molecule has 1 aliphatic rings. The average molecular weight is 568 g/mol. The minimum absolute atomic E-state index is 0.103. The second-order valence-corrected chi connectivity index (χ2v) is 11.2. The number of rotatable bonds is 8. The minimum atomic E-state index is -5.10. The molecule has 1 N–H and O–H groups in total. The van der Waals surface area contributed by atoms with Crippen LogP contribution in [0.15, 0.2) is 35.5 Å². The van der Waals surface area contributed by atoms with Crippen LogP contribution in [0.3, 0.4) is 0 Å². The Balaban J connectivity index is 1.68. The van der Waals surface area contributed by atoms with E-state index in [4.69, 9.17) is 0 Å². The van der Waals surface area contributed by atoms with Gasteiger partial charge in [0.2, 0.25) is 0 Å². The molecule has 0 bridgehead atoms. The largest absolute Gasteiger partial charge is 0.573 e. The van der Waals surface area contributed by atoms with E-state index in [1.165, 1.54) is 22.0 Å². The standard InChI is InChI=1S/C23H24F3N7O5S/c1-12(29-21(34)14-7-15(38-23(24,25)26)9-16(8-14)39(4,36)37)20-30-19(13-5-6-13)31-33(20)18-10-17(27-11-28-18)22(35)32(2)3/h7-13H,5-6H2,1-4H3,(H,29,34)/t12-/m0/s1.